The Kier molecular flexibility index (Phi) is 7.80. The number of hydrogen-bond acceptors (Lipinski definition) is 4. The van der Waals surface area contributed by atoms with Crippen molar-refractivity contribution in [2.45, 2.75) is 58.1 Å². The van der Waals surface area contributed by atoms with Crippen molar-refractivity contribution in [2.24, 2.45) is 5.92 Å². The van der Waals surface area contributed by atoms with Crippen LogP contribution in [0.5, 0.6) is 0 Å². The second-order valence-electron chi connectivity index (χ2n) is 7.17. The summed E-state index contributed by atoms with van der Waals surface area (Å²) in [7, 11) is 1.69. The second-order valence-corrected chi connectivity index (χ2v) is 7.17. The smallest absolute Gasteiger partial charge is 0.240 e. The molecule has 1 amide bonds. The van der Waals surface area contributed by atoms with E-state index < -0.39 is 0 Å². The van der Waals surface area contributed by atoms with Gasteiger partial charge in [0, 0.05) is 20.2 Å². The molecule has 0 radical (unpaired) electrons. The first-order valence-corrected chi connectivity index (χ1v) is 9.27. The Morgan fingerprint density at radius 3 is 2.26 bits per heavy atom. The second kappa shape index (κ2) is 9.60. The Morgan fingerprint density at radius 2 is 1.70 bits per heavy atom. The summed E-state index contributed by atoms with van der Waals surface area (Å²) in [6.45, 7) is 9.45. The van der Waals surface area contributed by atoms with Crippen LogP contribution in [0.3, 0.4) is 0 Å². The van der Waals surface area contributed by atoms with Gasteiger partial charge in [-0.25, -0.2) is 0 Å². The maximum atomic E-state index is 13.0. The lowest BCUT2D eigenvalue weighted by molar-refractivity contribution is -0.142. The van der Waals surface area contributed by atoms with Gasteiger partial charge in [-0.05, 0) is 44.7 Å². The predicted molar refractivity (Wildman–Crippen MR) is 91.5 cm³/mol. The van der Waals surface area contributed by atoms with E-state index in [1.54, 1.807) is 7.11 Å². The number of hydrogen-bond donors (Lipinski definition) is 0. The van der Waals surface area contributed by atoms with E-state index in [0.29, 0.717) is 25.0 Å². The van der Waals surface area contributed by atoms with Gasteiger partial charge in [0.1, 0.15) is 0 Å². The van der Waals surface area contributed by atoms with Crippen LogP contribution in [-0.2, 0) is 14.3 Å². The molecule has 0 unspecified atom stereocenters. The zero-order valence-corrected chi connectivity index (χ0v) is 15.1. The molecule has 0 aromatic rings. The van der Waals surface area contributed by atoms with Crippen molar-refractivity contribution in [3.8, 4) is 0 Å². The summed E-state index contributed by atoms with van der Waals surface area (Å²) in [5, 5.41) is 0. The zero-order chi connectivity index (χ0) is 16.7. The van der Waals surface area contributed by atoms with Crippen LogP contribution in [0.15, 0.2) is 0 Å². The molecule has 0 aromatic heterocycles. The molecule has 0 aromatic carbocycles. The maximum absolute atomic E-state index is 13.0. The minimum absolute atomic E-state index is 0.0567. The quantitative estimate of drug-likeness (QED) is 0.672. The highest BCUT2D eigenvalue weighted by molar-refractivity contribution is 5.82. The highest BCUT2D eigenvalue weighted by Crippen LogP contribution is 2.22. The average Bonchev–Trinajstić information content (AvgIpc) is 2.56. The Hall–Kier alpha value is -0.650. The number of likely N-dealkylation sites (tertiary alicyclic amines) is 2. The van der Waals surface area contributed by atoms with Gasteiger partial charge < -0.3 is 14.4 Å². The van der Waals surface area contributed by atoms with Gasteiger partial charge in [0.15, 0.2) is 0 Å². The molecule has 134 valence electrons. The fourth-order valence-electron chi connectivity index (χ4n) is 3.79. The van der Waals surface area contributed by atoms with Gasteiger partial charge in [-0.2, -0.15) is 0 Å². The molecule has 2 aliphatic rings. The SMILES string of the molecule is COCCOC1CCN(C(=O)[C@@H](C(C)C)N2CCCCC2)CC1. The Bertz CT molecular complexity index is 348. The van der Waals surface area contributed by atoms with Crippen molar-refractivity contribution in [1.29, 1.82) is 0 Å². The highest BCUT2D eigenvalue weighted by atomic mass is 16.5. The van der Waals surface area contributed by atoms with Crippen LogP contribution < -0.4 is 0 Å². The van der Waals surface area contributed by atoms with Gasteiger partial charge in [-0.15, -0.1) is 0 Å². The molecule has 0 N–H and O–H groups in total. The predicted octanol–water partition coefficient (Wildman–Crippen LogP) is 2.15. The van der Waals surface area contributed by atoms with Crippen molar-refractivity contribution >= 4 is 5.91 Å². The Morgan fingerprint density at radius 1 is 1.04 bits per heavy atom. The minimum Gasteiger partial charge on any atom is -0.382 e. The lowest BCUT2D eigenvalue weighted by atomic mass is 9.96. The number of methoxy groups -OCH3 is 1. The largest absolute Gasteiger partial charge is 0.382 e. The van der Waals surface area contributed by atoms with Crippen molar-refractivity contribution in [2.75, 3.05) is 46.5 Å². The number of nitrogens with zero attached hydrogens (tertiary/aromatic N) is 2. The third-order valence-electron chi connectivity index (χ3n) is 5.06. The summed E-state index contributed by atoms with van der Waals surface area (Å²) >= 11 is 0. The van der Waals surface area contributed by atoms with Gasteiger partial charge in [0.25, 0.3) is 0 Å². The molecule has 5 heteroatoms. The van der Waals surface area contributed by atoms with E-state index in [1.165, 1.54) is 19.3 Å². The van der Waals surface area contributed by atoms with Crippen LogP contribution in [0.1, 0.15) is 46.0 Å². The number of piperidine rings is 2. The number of carbonyl (C=O) groups excluding carboxylic acids is 1. The monoisotopic (exact) mass is 326 g/mol. The van der Waals surface area contributed by atoms with E-state index in [1.807, 2.05) is 0 Å². The van der Waals surface area contributed by atoms with E-state index in [9.17, 15) is 4.79 Å². The fourth-order valence-corrected chi connectivity index (χ4v) is 3.79. The van der Waals surface area contributed by atoms with Gasteiger partial charge in [0.05, 0.1) is 25.4 Å². The molecule has 2 aliphatic heterocycles. The summed E-state index contributed by atoms with van der Waals surface area (Å²) in [6.07, 6.45) is 5.93. The molecule has 2 fully saturated rings. The minimum atomic E-state index is 0.0567. The van der Waals surface area contributed by atoms with E-state index in [2.05, 4.69) is 23.6 Å². The van der Waals surface area contributed by atoms with E-state index in [0.717, 1.165) is 39.0 Å². The molecule has 1 atom stereocenters. The van der Waals surface area contributed by atoms with Crippen LogP contribution in [0.4, 0.5) is 0 Å². The molecule has 5 nitrogen and oxygen atoms in total. The van der Waals surface area contributed by atoms with Gasteiger partial charge in [-0.1, -0.05) is 20.3 Å². The lowest BCUT2D eigenvalue weighted by Crippen LogP contribution is -2.54. The first-order chi connectivity index (χ1) is 11.1. The molecule has 0 bridgehead atoms. The Balaban J connectivity index is 1.84. The lowest BCUT2D eigenvalue weighted by Gasteiger charge is -2.40. The zero-order valence-electron chi connectivity index (χ0n) is 15.1. The maximum Gasteiger partial charge on any atom is 0.240 e. The van der Waals surface area contributed by atoms with E-state index in [-0.39, 0.29) is 12.1 Å². The third-order valence-corrected chi connectivity index (χ3v) is 5.06. The number of rotatable bonds is 7. The molecule has 23 heavy (non-hydrogen) atoms. The van der Waals surface area contributed by atoms with Crippen LogP contribution in [-0.4, -0.2) is 74.4 Å². The molecule has 0 saturated carbocycles. The summed E-state index contributed by atoms with van der Waals surface area (Å²) < 4.78 is 10.8. The molecule has 2 saturated heterocycles. The topological polar surface area (TPSA) is 42.0 Å². The molecule has 0 spiro atoms. The first kappa shape index (κ1) is 18.7. The van der Waals surface area contributed by atoms with Gasteiger partial charge in [0.2, 0.25) is 5.91 Å². The van der Waals surface area contributed by atoms with E-state index >= 15 is 0 Å². The number of amides is 1. The Labute approximate surface area is 141 Å². The van der Waals surface area contributed by atoms with Crippen LogP contribution in [0.25, 0.3) is 0 Å². The van der Waals surface area contributed by atoms with Crippen LogP contribution in [0.2, 0.25) is 0 Å². The molecular formula is C18H34N2O3. The van der Waals surface area contributed by atoms with E-state index in [4.69, 9.17) is 9.47 Å². The molecular weight excluding hydrogens is 292 g/mol. The number of ether oxygens (including phenoxy) is 2. The standard InChI is InChI=1S/C18H34N2O3/c1-15(2)17(19-9-5-4-6-10-19)18(21)20-11-7-16(8-12-20)23-14-13-22-3/h15-17H,4-14H2,1-3H3/t17-/m1/s1. The van der Waals surface area contributed by atoms with Crippen molar-refractivity contribution < 1.29 is 14.3 Å². The van der Waals surface area contributed by atoms with Crippen LogP contribution >= 0.6 is 0 Å². The fraction of sp³-hybridized carbons (Fsp3) is 0.944. The van der Waals surface area contributed by atoms with Crippen molar-refractivity contribution in [3.05, 3.63) is 0 Å². The molecule has 2 heterocycles. The van der Waals surface area contributed by atoms with Gasteiger partial charge >= 0.3 is 0 Å². The summed E-state index contributed by atoms with van der Waals surface area (Å²) in [6, 6.07) is 0.0567. The number of carbonyl (C=O) groups is 1. The average molecular weight is 326 g/mol. The summed E-state index contributed by atoms with van der Waals surface area (Å²) in [4.78, 5) is 17.5. The highest BCUT2D eigenvalue weighted by Gasteiger charge is 2.34. The normalized spacial score (nSPS) is 22.5. The first-order valence-electron chi connectivity index (χ1n) is 9.27. The van der Waals surface area contributed by atoms with Gasteiger partial charge in [-0.3, -0.25) is 9.69 Å². The molecule has 0 aliphatic carbocycles. The van der Waals surface area contributed by atoms with Crippen molar-refractivity contribution in [3.63, 3.8) is 0 Å². The summed E-state index contributed by atoms with van der Waals surface area (Å²) in [5.41, 5.74) is 0. The molecule has 2 rings (SSSR count). The third kappa shape index (κ3) is 5.44. The van der Waals surface area contributed by atoms with Crippen molar-refractivity contribution in [1.82, 2.24) is 9.80 Å². The van der Waals surface area contributed by atoms with Crippen LogP contribution in [0, 0.1) is 5.92 Å². The summed E-state index contributed by atoms with van der Waals surface area (Å²) in [5.74, 6) is 0.702.